The van der Waals surface area contributed by atoms with E-state index in [4.69, 9.17) is 4.74 Å². The Bertz CT molecular complexity index is 621. The second-order valence-electron chi connectivity index (χ2n) is 4.60. The van der Waals surface area contributed by atoms with Crippen LogP contribution in [0.5, 0.6) is 0 Å². The minimum absolute atomic E-state index is 0.241. The molecule has 0 aliphatic heterocycles. The van der Waals surface area contributed by atoms with Gasteiger partial charge in [0.2, 0.25) is 0 Å². The van der Waals surface area contributed by atoms with E-state index in [2.05, 4.69) is 4.98 Å². The number of esters is 1. The normalized spacial score (nSPS) is 12.0. The van der Waals surface area contributed by atoms with E-state index >= 15 is 0 Å². The number of ether oxygens (including phenoxy) is 1. The van der Waals surface area contributed by atoms with Crippen LogP contribution in [0.2, 0.25) is 0 Å². The zero-order valence-electron chi connectivity index (χ0n) is 11.8. The lowest BCUT2D eigenvalue weighted by Crippen LogP contribution is -2.11. The predicted molar refractivity (Wildman–Crippen MR) is 76.4 cm³/mol. The molecular weight excluding hydrogens is 254 g/mol. The number of rotatable bonds is 3. The van der Waals surface area contributed by atoms with Crippen molar-refractivity contribution in [3.8, 4) is 11.1 Å². The average molecular weight is 271 g/mol. The van der Waals surface area contributed by atoms with Crippen molar-refractivity contribution < 1.29 is 14.6 Å². The number of hydrogen-bond donors (Lipinski definition) is 1. The van der Waals surface area contributed by atoms with Gasteiger partial charge in [0.1, 0.15) is 0 Å². The van der Waals surface area contributed by atoms with Crippen LogP contribution in [0.15, 0.2) is 36.4 Å². The summed E-state index contributed by atoms with van der Waals surface area (Å²) in [5.41, 5.74) is 3.28. The molecule has 1 aromatic carbocycles. The van der Waals surface area contributed by atoms with Crippen molar-refractivity contribution in [2.45, 2.75) is 20.0 Å². The number of hydrogen-bond acceptors (Lipinski definition) is 4. The van der Waals surface area contributed by atoms with Crippen LogP contribution in [-0.2, 0) is 4.74 Å². The highest BCUT2D eigenvalue weighted by molar-refractivity contribution is 5.91. The first-order valence-electron chi connectivity index (χ1n) is 6.38. The summed E-state index contributed by atoms with van der Waals surface area (Å²) in [4.78, 5) is 16.0. The molecular formula is C16H17NO3. The minimum Gasteiger partial charge on any atom is -0.464 e. The van der Waals surface area contributed by atoms with Gasteiger partial charge in [-0.25, -0.2) is 9.78 Å². The van der Waals surface area contributed by atoms with Gasteiger partial charge in [0.25, 0.3) is 0 Å². The van der Waals surface area contributed by atoms with Crippen LogP contribution in [0.3, 0.4) is 0 Å². The summed E-state index contributed by atoms with van der Waals surface area (Å²) < 4.78 is 4.76. The van der Waals surface area contributed by atoms with Crippen molar-refractivity contribution in [1.29, 1.82) is 0 Å². The highest BCUT2D eigenvalue weighted by Crippen LogP contribution is 2.28. The summed E-state index contributed by atoms with van der Waals surface area (Å²) in [6.07, 6.45) is -0.749. The second kappa shape index (κ2) is 5.84. The molecule has 0 bridgehead atoms. The van der Waals surface area contributed by atoms with Crippen molar-refractivity contribution in [3.63, 3.8) is 0 Å². The Kier molecular flexibility index (Phi) is 4.15. The number of carbonyl (C=O) groups excluding carboxylic acids is 1. The van der Waals surface area contributed by atoms with Gasteiger partial charge in [-0.05, 0) is 36.6 Å². The largest absolute Gasteiger partial charge is 0.464 e. The van der Waals surface area contributed by atoms with Gasteiger partial charge in [-0.2, -0.15) is 0 Å². The topological polar surface area (TPSA) is 59.4 Å². The third-order valence-electron chi connectivity index (χ3n) is 3.18. The number of nitrogens with zero attached hydrogens (tertiary/aromatic N) is 1. The molecule has 2 aromatic rings. The highest BCUT2D eigenvalue weighted by atomic mass is 16.5. The molecule has 1 atom stereocenters. The Morgan fingerprint density at radius 3 is 2.50 bits per heavy atom. The standard InChI is InChI=1S/C16H17NO3/c1-10-13(12-7-5-4-6-8-12)9-14(11(2)18)17-15(10)16(19)20-3/h4-9,11,18H,1-3H3. The number of aliphatic hydroxyl groups excluding tert-OH is 1. The predicted octanol–water partition coefficient (Wildman–Crippen LogP) is 2.90. The van der Waals surface area contributed by atoms with Crippen LogP contribution in [0, 0.1) is 6.92 Å². The Morgan fingerprint density at radius 1 is 1.30 bits per heavy atom. The van der Waals surface area contributed by atoms with Crippen LogP contribution in [0.25, 0.3) is 11.1 Å². The first-order valence-corrected chi connectivity index (χ1v) is 6.38. The van der Waals surface area contributed by atoms with Gasteiger partial charge in [0.05, 0.1) is 18.9 Å². The number of benzene rings is 1. The summed E-state index contributed by atoms with van der Waals surface area (Å²) in [6, 6.07) is 11.5. The molecule has 0 aliphatic carbocycles. The molecule has 0 radical (unpaired) electrons. The molecule has 0 spiro atoms. The molecule has 20 heavy (non-hydrogen) atoms. The van der Waals surface area contributed by atoms with E-state index in [-0.39, 0.29) is 5.69 Å². The zero-order chi connectivity index (χ0) is 14.7. The molecule has 0 saturated carbocycles. The lowest BCUT2D eigenvalue weighted by atomic mass is 9.98. The fourth-order valence-corrected chi connectivity index (χ4v) is 2.06. The number of methoxy groups -OCH3 is 1. The van der Waals surface area contributed by atoms with E-state index in [9.17, 15) is 9.90 Å². The van der Waals surface area contributed by atoms with Crippen molar-refractivity contribution in [2.75, 3.05) is 7.11 Å². The highest BCUT2D eigenvalue weighted by Gasteiger charge is 2.18. The maximum atomic E-state index is 11.8. The molecule has 4 heteroatoms. The Labute approximate surface area is 118 Å². The van der Waals surface area contributed by atoms with Crippen molar-refractivity contribution in [3.05, 3.63) is 53.3 Å². The van der Waals surface area contributed by atoms with E-state index in [0.717, 1.165) is 16.7 Å². The first-order chi connectivity index (χ1) is 9.54. The molecule has 1 aromatic heterocycles. The van der Waals surface area contributed by atoms with E-state index in [1.165, 1.54) is 7.11 Å². The van der Waals surface area contributed by atoms with Crippen molar-refractivity contribution in [2.24, 2.45) is 0 Å². The molecule has 0 fully saturated rings. The Morgan fingerprint density at radius 2 is 1.95 bits per heavy atom. The van der Waals surface area contributed by atoms with Gasteiger partial charge < -0.3 is 9.84 Å². The maximum absolute atomic E-state index is 11.8. The third kappa shape index (κ3) is 2.70. The second-order valence-corrected chi connectivity index (χ2v) is 4.60. The summed E-state index contributed by atoms with van der Waals surface area (Å²) in [7, 11) is 1.32. The van der Waals surface area contributed by atoms with Crippen LogP contribution < -0.4 is 0 Å². The lowest BCUT2D eigenvalue weighted by molar-refractivity contribution is 0.0592. The Balaban J connectivity index is 2.67. The molecule has 0 aliphatic rings. The molecule has 1 N–H and O–H groups in total. The van der Waals surface area contributed by atoms with Crippen LogP contribution in [-0.4, -0.2) is 23.2 Å². The summed E-state index contributed by atoms with van der Waals surface area (Å²) in [5, 5.41) is 9.75. The Hall–Kier alpha value is -2.20. The van der Waals surface area contributed by atoms with Crippen LogP contribution >= 0.6 is 0 Å². The van der Waals surface area contributed by atoms with Crippen LogP contribution in [0.4, 0.5) is 0 Å². The van der Waals surface area contributed by atoms with E-state index < -0.39 is 12.1 Å². The molecule has 0 saturated heterocycles. The first kappa shape index (κ1) is 14.2. The number of carbonyl (C=O) groups is 1. The fraction of sp³-hybridized carbons (Fsp3) is 0.250. The molecule has 0 amide bonds. The fourth-order valence-electron chi connectivity index (χ4n) is 2.06. The summed E-state index contributed by atoms with van der Waals surface area (Å²) >= 11 is 0. The zero-order valence-corrected chi connectivity index (χ0v) is 11.8. The number of aromatic nitrogens is 1. The smallest absolute Gasteiger partial charge is 0.356 e. The van der Waals surface area contributed by atoms with E-state index in [1.54, 1.807) is 6.92 Å². The van der Waals surface area contributed by atoms with E-state index in [0.29, 0.717) is 5.69 Å². The van der Waals surface area contributed by atoms with E-state index in [1.807, 2.05) is 43.3 Å². The number of pyridine rings is 1. The molecule has 1 heterocycles. The molecule has 1 unspecified atom stereocenters. The minimum atomic E-state index is -0.749. The average Bonchev–Trinajstić information content (AvgIpc) is 2.47. The maximum Gasteiger partial charge on any atom is 0.356 e. The van der Waals surface area contributed by atoms with Gasteiger partial charge in [-0.15, -0.1) is 0 Å². The molecule has 4 nitrogen and oxygen atoms in total. The van der Waals surface area contributed by atoms with Gasteiger partial charge in [0.15, 0.2) is 5.69 Å². The molecule has 104 valence electrons. The van der Waals surface area contributed by atoms with Gasteiger partial charge in [-0.1, -0.05) is 30.3 Å². The van der Waals surface area contributed by atoms with Crippen molar-refractivity contribution in [1.82, 2.24) is 4.98 Å². The van der Waals surface area contributed by atoms with Gasteiger partial charge in [-0.3, -0.25) is 0 Å². The monoisotopic (exact) mass is 271 g/mol. The number of aliphatic hydroxyl groups is 1. The van der Waals surface area contributed by atoms with Gasteiger partial charge in [0, 0.05) is 0 Å². The van der Waals surface area contributed by atoms with Crippen molar-refractivity contribution >= 4 is 5.97 Å². The summed E-state index contributed by atoms with van der Waals surface area (Å²) in [5.74, 6) is -0.498. The SMILES string of the molecule is COC(=O)c1nc(C(C)O)cc(-c2ccccc2)c1C. The van der Waals surface area contributed by atoms with Gasteiger partial charge >= 0.3 is 5.97 Å². The summed E-state index contributed by atoms with van der Waals surface area (Å²) in [6.45, 7) is 3.45. The lowest BCUT2D eigenvalue weighted by Gasteiger charge is -2.14. The van der Waals surface area contributed by atoms with Crippen LogP contribution in [0.1, 0.15) is 34.8 Å². The quantitative estimate of drug-likeness (QED) is 0.872. The third-order valence-corrected chi connectivity index (χ3v) is 3.18. The molecule has 2 rings (SSSR count).